The topological polar surface area (TPSA) is 82.3 Å². The summed E-state index contributed by atoms with van der Waals surface area (Å²) in [4.78, 5) is 23.9. The van der Waals surface area contributed by atoms with Crippen LogP contribution in [0.5, 0.6) is 0 Å². The Kier molecular flexibility index (Phi) is 3.89. The number of aromatic nitrogens is 1. The first-order valence-corrected chi connectivity index (χ1v) is 4.47. The highest BCUT2D eigenvalue weighted by atomic mass is 35.5. The molecule has 0 aliphatic carbocycles. The zero-order chi connectivity index (χ0) is 13.2. The molecule has 0 aliphatic rings. The van der Waals surface area contributed by atoms with E-state index in [0.29, 0.717) is 6.20 Å². The molecule has 0 aliphatic heterocycles. The molecular formula is C8H5ClF2N2O4. The van der Waals surface area contributed by atoms with E-state index in [1.165, 1.54) is 0 Å². The third-order valence-electron chi connectivity index (χ3n) is 1.83. The molecule has 1 rings (SSSR count). The number of carbonyl (C=O) groups excluding carboxylic acids is 1. The van der Waals surface area contributed by atoms with Crippen LogP contribution in [-0.2, 0) is 4.74 Å². The molecule has 92 valence electrons. The molecule has 0 atom stereocenters. The number of alkyl halides is 2. The Morgan fingerprint density at radius 3 is 2.65 bits per heavy atom. The van der Waals surface area contributed by atoms with Crippen LogP contribution in [0, 0.1) is 10.1 Å². The van der Waals surface area contributed by atoms with Crippen molar-refractivity contribution in [1.82, 2.24) is 4.98 Å². The molecule has 0 spiro atoms. The van der Waals surface area contributed by atoms with E-state index in [-0.39, 0.29) is 0 Å². The van der Waals surface area contributed by atoms with E-state index in [2.05, 4.69) is 9.72 Å². The number of rotatable bonds is 3. The number of carbonyl (C=O) groups is 1. The van der Waals surface area contributed by atoms with Crippen molar-refractivity contribution < 1.29 is 23.2 Å². The minimum absolute atomic E-state index is 0.541. The SMILES string of the molecule is COC(=O)c1ncc([N+](=O)[O-])c(C(F)F)c1Cl. The summed E-state index contributed by atoms with van der Waals surface area (Å²) in [6.45, 7) is 0. The van der Waals surface area contributed by atoms with Crippen LogP contribution in [0.2, 0.25) is 5.02 Å². The average molecular weight is 267 g/mol. The molecule has 1 aromatic rings. The second-order valence-corrected chi connectivity index (χ2v) is 3.15. The van der Waals surface area contributed by atoms with Gasteiger partial charge in [-0.05, 0) is 0 Å². The minimum Gasteiger partial charge on any atom is -0.464 e. The van der Waals surface area contributed by atoms with E-state index in [4.69, 9.17) is 11.6 Å². The van der Waals surface area contributed by atoms with Gasteiger partial charge in [0, 0.05) is 0 Å². The maximum atomic E-state index is 12.6. The first-order chi connectivity index (χ1) is 7.90. The number of methoxy groups -OCH3 is 1. The van der Waals surface area contributed by atoms with E-state index in [1.54, 1.807) is 0 Å². The van der Waals surface area contributed by atoms with Crippen molar-refractivity contribution in [2.45, 2.75) is 6.43 Å². The summed E-state index contributed by atoms with van der Waals surface area (Å²) in [6.07, 6.45) is -2.66. The second kappa shape index (κ2) is 5.00. The van der Waals surface area contributed by atoms with Crippen LogP contribution in [0.25, 0.3) is 0 Å². The van der Waals surface area contributed by atoms with Crippen LogP contribution in [-0.4, -0.2) is 23.0 Å². The normalized spacial score (nSPS) is 10.4. The summed E-state index contributed by atoms with van der Waals surface area (Å²) < 4.78 is 29.5. The first kappa shape index (κ1) is 13.2. The van der Waals surface area contributed by atoms with Crippen molar-refractivity contribution in [3.63, 3.8) is 0 Å². The third kappa shape index (κ3) is 2.47. The Morgan fingerprint density at radius 2 is 2.24 bits per heavy atom. The lowest BCUT2D eigenvalue weighted by atomic mass is 10.2. The number of halogens is 3. The highest BCUT2D eigenvalue weighted by Gasteiger charge is 2.30. The van der Waals surface area contributed by atoms with Crippen LogP contribution >= 0.6 is 11.6 Å². The lowest BCUT2D eigenvalue weighted by molar-refractivity contribution is -0.386. The number of ether oxygens (including phenoxy) is 1. The molecule has 0 N–H and O–H groups in total. The number of pyridine rings is 1. The van der Waals surface area contributed by atoms with Gasteiger partial charge in [0.2, 0.25) is 0 Å². The molecule has 1 aromatic heterocycles. The number of nitrogens with zero attached hydrogens (tertiary/aromatic N) is 2. The largest absolute Gasteiger partial charge is 0.464 e. The molecule has 0 aromatic carbocycles. The van der Waals surface area contributed by atoms with Gasteiger partial charge in [-0.25, -0.2) is 18.6 Å². The quantitative estimate of drug-likeness (QED) is 0.476. The van der Waals surface area contributed by atoms with Gasteiger partial charge in [0.1, 0.15) is 11.8 Å². The predicted octanol–water partition coefficient (Wildman–Crippen LogP) is 2.37. The van der Waals surface area contributed by atoms with Gasteiger partial charge in [0.05, 0.1) is 17.1 Å². The van der Waals surface area contributed by atoms with Crippen molar-refractivity contribution >= 4 is 23.3 Å². The second-order valence-electron chi connectivity index (χ2n) is 2.77. The molecule has 17 heavy (non-hydrogen) atoms. The Balaban J connectivity index is 3.49. The molecule has 0 radical (unpaired) electrons. The Labute approximate surface area is 98.3 Å². The zero-order valence-electron chi connectivity index (χ0n) is 8.32. The molecule has 0 amide bonds. The number of esters is 1. The fraction of sp³-hybridized carbons (Fsp3) is 0.250. The summed E-state index contributed by atoms with van der Waals surface area (Å²) in [6, 6.07) is 0. The van der Waals surface area contributed by atoms with E-state index < -0.39 is 39.3 Å². The summed E-state index contributed by atoms with van der Waals surface area (Å²) >= 11 is 5.48. The van der Waals surface area contributed by atoms with E-state index in [9.17, 15) is 23.7 Å². The third-order valence-corrected chi connectivity index (χ3v) is 2.21. The Morgan fingerprint density at radius 1 is 1.65 bits per heavy atom. The van der Waals surface area contributed by atoms with Gasteiger partial charge in [-0.3, -0.25) is 10.1 Å². The van der Waals surface area contributed by atoms with Crippen LogP contribution < -0.4 is 0 Å². The Bertz CT molecular complexity index is 481. The van der Waals surface area contributed by atoms with Crippen LogP contribution in [0.4, 0.5) is 14.5 Å². The zero-order valence-corrected chi connectivity index (χ0v) is 9.07. The van der Waals surface area contributed by atoms with Crippen molar-refractivity contribution in [2.24, 2.45) is 0 Å². The van der Waals surface area contributed by atoms with Crippen LogP contribution in [0.1, 0.15) is 22.5 Å². The summed E-state index contributed by atoms with van der Waals surface area (Å²) in [7, 11) is 1.00. The molecule has 6 nitrogen and oxygen atoms in total. The molecule has 0 saturated heterocycles. The maximum Gasteiger partial charge on any atom is 0.358 e. The fourth-order valence-corrected chi connectivity index (χ4v) is 1.39. The molecule has 9 heteroatoms. The van der Waals surface area contributed by atoms with Gasteiger partial charge in [0.15, 0.2) is 5.69 Å². The summed E-state index contributed by atoms with van der Waals surface area (Å²) in [5, 5.41) is 9.71. The Hall–Kier alpha value is -1.83. The molecular weight excluding hydrogens is 262 g/mol. The lowest BCUT2D eigenvalue weighted by Crippen LogP contribution is -2.09. The summed E-state index contributed by atoms with van der Waals surface area (Å²) in [5.41, 5.74) is -2.58. The van der Waals surface area contributed by atoms with Gasteiger partial charge < -0.3 is 4.74 Å². The van der Waals surface area contributed by atoms with E-state index >= 15 is 0 Å². The van der Waals surface area contributed by atoms with Gasteiger partial charge in [0.25, 0.3) is 12.1 Å². The van der Waals surface area contributed by atoms with Gasteiger partial charge >= 0.3 is 5.97 Å². The molecule has 1 heterocycles. The molecule has 0 bridgehead atoms. The molecule has 0 fully saturated rings. The van der Waals surface area contributed by atoms with Gasteiger partial charge in [-0.1, -0.05) is 11.6 Å². The summed E-state index contributed by atoms with van der Waals surface area (Å²) in [5.74, 6) is -1.05. The average Bonchev–Trinajstić information content (AvgIpc) is 2.26. The minimum atomic E-state index is -3.20. The van der Waals surface area contributed by atoms with Gasteiger partial charge in [-0.2, -0.15) is 0 Å². The smallest absolute Gasteiger partial charge is 0.358 e. The first-order valence-electron chi connectivity index (χ1n) is 4.09. The van der Waals surface area contributed by atoms with Crippen molar-refractivity contribution in [1.29, 1.82) is 0 Å². The standard InChI is InChI=1S/C8H5ClF2N2O4/c1-17-8(14)6-5(9)4(7(10)11)3(2-12-6)13(15)16/h2,7H,1H3. The van der Waals surface area contributed by atoms with E-state index in [0.717, 1.165) is 7.11 Å². The van der Waals surface area contributed by atoms with Crippen molar-refractivity contribution in [3.05, 3.63) is 32.6 Å². The fourth-order valence-electron chi connectivity index (χ4n) is 1.08. The molecule has 0 saturated carbocycles. The highest BCUT2D eigenvalue weighted by molar-refractivity contribution is 6.34. The van der Waals surface area contributed by atoms with E-state index in [1.807, 2.05) is 0 Å². The predicted molar refractivity (Wildman–Crippen MR) is 52.2 cm³/mol. The van der Waals surface area contributed by atoms with Crippen molar-refractivity contribution in [3.8, 4) is 0 Å². The van der Waals surface area contributed by atoms with Gasteiger partial charge in [-0.15, -0.1) is 0 Å². The monoisotopic (exact) mass is 266 g/mol. The number of hydrogen-bond donors (Lipinski definition) is 0. The number of hydrogen-bond acceptors (Lipinski definition) is 5. The highest BCUT2D eigenvalue weighted by Crippen LogP contribution is 2.36. The van der Waals surface area contributed by atoms with Crippen molar-refractivity contribution in [2.75, 3.05) is 7.11 Å². The van der Waals surface area contributed by atoms with Crippen LogP contribution in [0.15, 0.2) is 6.20 Å². The maximum absolute atomic E-state index is 12.6. The number of nitro groups is 1. The molecule has 0 unspecified atom stereocenters. The lowest BCUT2D eigenvalue weighted by Gasteiger charge is -2.07. The van der Waals surface area contributed by atoms with Crippen LogP contribution in [0.3, 0.4) is 0 Å².